The fourth-order valence-electron chi connectivity index (χ4n) is 3.00. The third-order valence-electron chi connectivity index (χ3n) is 4.29. The molecular formula is C18H17FN4O3. The zero-order valence-corrected chi connectivity index (χ0v) is 13.7. The van der Waals surface area contributed by atoms with Crippen molar-refractivity contribution in [2.45, 2.75) is 12.6 Å². The number of aromatic nitrogens is 1. The number of benzene rings is 1. The molecule has 1 aromatic carbocycles. The van der Waals surface area contributed by atoms with Crippen LogP contribution in [0.4, 0.5) is 4.39 Å². The Bertz CT molecular complexity index is 893. The van der Waals surface area contributed by atoms with Gasteiger partial charge >= 0.3 is 0 Å². The molecule has 0 saturated carbocycles. The summed E-state index contributed by atoms with van der Waals surface area (Å²) in [5, 5.41) is 6.78. The topological polar surface area (TPSA) is 92.3 Å². The summed E-state index contributed by atoms with van der Waals surface area (Å²) in [5.74, 6) is 0.225. The van der Waals surface area contributed by atoms with Gasteiger partial charge in [-0.2, -0.15) is 0 Å². The van der Waals surface area contributed by atoms with Crippen LogP contribution in [0.1, 0.15) is 17.3 Å². The number of halogens is 1. The first-order valence-corrected chi connectivity index (χ1v) is 8.22. The van der Waals surface area contributed by atoms with Crippen LogP contribution in [0.3, 0.4) is 0 Å². The number of nitrogens with zero attached hydrogens (tertiary/aromatic N) is 1. The standard InChI is InChI=1S/C18H17FN4O3/c19-12-4-1-3-11(7-12)17-14(10-21-22-17)18(24)20-9-13-8-16(26-23-13)15-5-2-6-25-15/h1-8,14,17,21-22H,9-10H2,(H,20,24). The first kappa shape index (κ1) is 16.5. The second-order valence-corrected chi connectivity index (χ2v) is 6.04. The molecule has 134 valence electrons. The van der Waals surface area contributed by atoms with Crippen LogP contribution in [0.15, 0.2) is 57.7 Å². The van der Waals surface area contributed by atoms with E-state index in [1.54, 1.807) is 36.6 Å². The molecule has 1 aliphatic heterocycles. The van der Waals surface area contributed by atoms with Crippen molar-refractivity contribution in [3.05, 3.63) is 65.8 Å². The molecule has 3 N–H and O–H groups in total. The summed E-state index contributed by atoms with van der Waals surface area (Å²) in [4.78, 5) is 12.6. The average molecular weight is 356 g/mol. The van der Waals surface area contributed by atoms with Gasteiger partial charge in [0.15, 0.2) is 5.76 Å². The van der Waals surface area contributed by atoms with Crippen LogP contribution in [0.2, 0.25) is 0 Å². The maximum absolute atomic E-state index is 13.5. The molecule has 1 aliphatic rings. The summed E-state index contributed by atoms with van der Waals surface area (Å²) >= 11 is 0. The quantitative estimate of drug-likeness (QED) is 0.649. The van der Waals surface area contributed by atoms with Crippen molar-refractivity contribution in [1.82, 2.24) is 21.3 Å². The molecule has 2 aromatic heterocycles. The van der Waals surface area contributed by atoms with Crippen LogP contribution in [-0.2, 0) is 11.3 Å². The van der Waals surface area contributed by atoms with E-state index in [0.717, 1.165) is 5.56 Å². The lowest BCUT2D eigenvalue weighted by Gasteiger charge is -2.18. The molecule has 0 spiro atoms. The Hall–Kier alpha value is -2.97. The van der Waals surface area contributed by atoms with Gasteiger partial charge in [0.2, 0.25) is 11.7 Å². The van der Waals surface area contributed by atoms with Gasteiger partial charge in [0, 0.05) is 12.6 Å². The van der Waals surface area contributed by atoms with Gasteiger partial charge in [0.05, 0.1) is 24.8 Å². The Kier molecular flexibility index (Phi) is 4.51. The van der Waals surface area contributed by atoms with Crippen molar-refractivity contribution in [1.29, 1.82) is 0 Å². The molecule has 4 rings (SSSR count). The van der Waals surface area contributed by atoms with Crippen molar-refractivity contribution < 1.29 is 18.1 Å². The fourth-order valence-corrected chi connectivity index (χ4v) is 3.00. The summed E-state index contributed by atoms with van der Waals surface area (Å²) < 4.78 is 23.9. The molecule has 2 atom stereocenters. The number of carbonyl (C=O) groups is 1. The van der Waals surface area contributed by atoms with Crippen LogP contribution in [-0.4, -0.2) is 17.6 Å². The van der Waals surface area contributed by atoms with E-state index in [0.29, 0.717) is 23.8 Å². The van der Waals surface area contributed by atoms with Crippen molar-refractivity contribution in [2.24, 2.45) is 5.92 Å². The average Bonchev–Trinajstić information content (AvgIpc) is 3.40. The Balaban J connectivity index is 1.40. The third-order valence-corrected chi connectivity index (χ3v) is 4.29. The lowest BCUT2D eigenvalue weighted by atomic mass is 9.94. The van der Waals surface area contributed by atoms with E-state index in [1.165, 1.54) is 12.1 Å². The molecule has 8 heteroatoms. The number of hydrogen-bond acceptors (Lipinski definition) is 6. The fraction of sp³-hybridized carbons (Fsp3) is 0.222. The molecule has 0 radical (unpaired) electrons. The highest BCUT2D eigenvalue weighted by Crippen LogP contribution is 2.26. The van der Waals surface area contributed by atoms with Gasteiger partial charge in [0.1, 0.15) is 11.5 Å². The number of nitrogens with one attached hydrogen (secondary N) is 3. The summed E-state index contributed by atoms with van der Waals surface area (Å²) in [6.45, 7) is 0.679. The third kappa shape index (κ3) is 3.37. The number of hydrogen-bond donors (Lipinski definition) is 3. The second-order valence-electron chi connectivity index (χ2n) is 6.04. The molecular weight excluding hydrogens is 339 g/mol. The van der Waals surface area contributed by atoms with Crippen molar-refractivity contribution in [3.63, 3.8) is 0 Å². The van der Waals surface area contributed by atoms with Gasteiger partial charge in [-0.3, -0.25) is 10.2 Å². The number of furan rings is 1. The van der Waals surface area contributed by atoms with Crippen LogP contribution in [0.5, 0.6) is 0 Å². The van der Waals surface area contributed by atoms with Crippen molar-refractivity contribution >= 4 is 5.91 Å². The minimum absolute atomic E-state index is 0.153. The molecule has 0 aliphatic carbocycles. The van der Waals surface area contributed by atoms with E-state index in [1.807, 2.05) is 0 Å². The maximum atomic E-state index is 13.5. The molecule has 1 amide bonds. The first-order valence-electron chi connectivity index (χ1n) is 8.22. The molecule has 1 fully saturated rings. The Labute approximate surface area is 148 Å². The lowest BCUT2D eigenvalue weighted by molar-refractivity contribution is -0.125. The van der Waals surface area contributed by atoms with Gasteiger partial charge < -0.3 is 14.3 Å². The molecule has 3 aromatic rings. The predicted molar refractivity (Wildman–Crippen MR) is 89.8 cm³/mol. The molecule has 1 saturated heterocycles. The van der Waals surface area contributed by atoms with Crippen LogP contribution in [0.25, 0.3) is 11.5 Å². The van der Waals surface area contributed by atoms with Crippen LogP contribution in [0, 0.1) is 11.7 Å². The van der Waals surface area contributed by atoms with E-state index in [-0.39, 0.29) is 30.2 Å². The largest absolute Gasteiger partial charge is 0.461 e. The minimum Gasteiger partial charge on any atom is -0.461 e. The summed E-state index contributed by atoms with van der Waals surface area (Å²) in [7, 11) is 0. The monoisotopic (exact) mass is 356 g/mol. The minimum atomic E-state index is -0.367. The van der Waals surface area contributed by atoms with E-state index < -0.39 is 0 Å². The maximum Gasteiger partial charge on any atom is 0.226 e. The highest BCUT2D eigenvalue weighted by atomic mass is 19.1. The zero-order valence-electron chi connectivity index (χ0n) is 13.7. The molecule has 2 unspecified atom stereocenters. The van der Waals surface area contributed by atoms with Gasteiger partial charge in [-0.1, -0.05) is 17.3 Å². The zero-order chi connectivity index (χ0) is 17.9. The van der Waals surface area contributed by atoms with Gasteiger partial charge in [-0.15, -0.1) is 0 Å². The molecule has 3 heterocycles. The Morgan fingerprint density at radius 3 is 3.00 bits per heavy atom. The van der Waals surface area contributed by atoms with Gasteiger partial charge in [-0.25, -0.2) is 9.82 Å². The number of hydrazine groups is 1. The van der Waals surface area contributed by atoms with E-state index in [4.69, 9.17) is 8.94 Å². The Morgan fingerprint density at radius 1 is 1.27 bits per heavy atom. The summed E-state index contributed by atoms with van der Waals surface area (Å²) in [6.07, 6.45) is 1.55. The van der Waals surface area contributed by atoms with Crippen LogP contribution >= 0.6 is 0 Å². The molecule has 26 heavy (non-hydrogen) atoms. The van der Waals surface area contributed by atoms with Crippen molar-refractivity contribution in [2.75, 3.05) is 6.54 Å². The number of carbonyl (C=O) groups excluding carboxylic acids is 1. The van der Waals surface area contributed by atoms with E-state index in [9.17, 15) is 9.18 Å². The molecule has 7 nitrogen and oxygen atoms in total. The van der Waals surface area contributed by atoms with E-state index >= 15 is 0 Å². The Morgan fingerprint density at radius 2 is 2.19 bits per heavy atom. The number of rotatable bonds is 5. The predicted octanol–water partition coefficient (Wildman–Crippen LogP) is 2.16. The normalized spacial score (nSPS) is 19.6. The van der Waals surface area contributed by atoms with E-state index in [2.05, 4.69) is 21.3 Å². The summed E-state index contributed by atoms with van der Waals surface area (Å²) in [6, 6.07) is 11.2. The highest BCUT2D eigenvalue weighted by molar-refractivity contribution is 5.80. The number of amides is 1. The van der Waals surface area contributed by atoms with Gasteiger partial charge in [0.25, 0.3) is 0 Å². The second kappa shape index (κ2) is 7.11. The SMILES string of the molecule is O=C(NCc1cc(-c2ccco2)on1)C1CNNC1c1cccc(F)c1. The lowest BCUT2D eigenvalue weighted by Crippen LogP contribution is -2.34. The smallest absolute Gasteiger partial charge is 0.226 e. The highest BCUT2D eigenvalue weighted by Gasteiger charge is 2.34. The summed E-state index contributed by atoms with van der Waals surface area (Å²) in [5.41, 5.74) is 7.30. The van der Waals surface area contributed by atoms with Crippen molar-refractivity contribution in [3.8, 4) is 11.5 Å². The molecule has 0 bridgehead atoms. The van der Waals surface area contributed by atoms with Crippen LogP contribution < -0.4 is 16.2 Å². The van der Waals surface area contributed by atoms with Gasteiger partial charge in [-0.05, 0) is 29.8 Å². The first-order chi connectivity index (χ1) is 12.7.